The summed E-state index contributed by atoms with van der Waals surface area (Å²) in [4.78, 5) is 12.4. The van der Waals surface area contributed by atoms with Crippen molar-refractivity contribution in [1.82, 2.24) is 0 Å². The SMILES string of the molecule is COc1cc(/C=C(/C#N)C(=O)Nc2cccc(C)c2)cc(OC)c1OC. The molecule has 1 amide bonds. The van der Waals surface area contributed by atoms with Crippen molar-refractivity contribution in [3.8, 4) is 23.3 Å². The zero-order valence-corrected chi connectivity index (χ0v) is 15.1. The van der Waals surface area contributed by atoms with Crippen LogP contribution in [0.5, 0.6) is 17.2 Å². The number of ether oxygens (including phenoxy) is 3. The second-order valence-corrected chi connectivity index (χ2v) is 5.45. The maximum atomic E-state index is 12.4. The first kappa shape index (κ1) is 18.9. The number of nitrogens with one attached hydrogen (secondary N) is 1. The number of aryl methyl sites for hydroxylation is 1. The monoisotopic (exact) mass is 352 g/mol. The summed E-state index contributed by atoms with van der Waals surface area (Å²) in [6.07, 6.45) is 1.47. The molecule has 0 unspecified atom stereocenters. The van der Waals surface area contributed by atoms with Crippen molar-refractivity contribution in [2.24, 2.45) is 0 Å². The summed E-state index contributed by atoms with van der Waals surface area (Å²) in [5, 5.41) is 12.1. The van der Waals surface area contributed by atoms with Gasteiger partial charge < -0.3 is 19.5 Å². The maximum Gasteiger partial charge on any atom is 0.266 e. The van der Waals surface area contributed by atoms with E-state index in [0.717, 1.165) is 5.56 Å². The van der Waals surface area contributed by atoms with Crippen LogP contribution < -0.4 is 19.5 Å². The van der Waals surface area contributed by atoms with Gasteiger partial charge in [0.15, 0.2) is 11.5 Å². The van der Waals surface area contributed by atoms with Crippen LogP contribution in [0.1, 0.15) is 11.1 Å². The second-order valence-electron chi connectivity index (χ2n) is 5.45. The standard InChI is InChI=1S/C20H20N2O4/c1-13-6-5-7-16(8-13)22-20(23)15(12-21)9-14-10-17(24-2)19(26-4)18(11-14)25-3/h5-11H,1-4H3,(H,22,23)/b15-9-. The highest BCUT2D eigenvalue weighted by Crippen LogP contribution is 2.38. The molecule has 0 atom stereocenters. The topological polar surface area (TPSA) is 80.6 Å². The average Bonchev–Trinajstić information content (AvgIpc) is 2.64. The van der Waals surface area contributed by atoms with Crippen molar-refractivity contribution in [2.45, 2.75) is 6.92 Å². The van der Waals surface area contributed by atoms with Gasteiger partial charge in [0.05, 0.1) is 21.3 Å². The van der Waals surface area contributed by atoms with Crippen LogP contribution in [0.15, 0.2) is 42.0 Å². The molecule has 2 rings (SSSR count). The summed E-state index contributed by atoms with van der Waals surface area (Å²) < 4.78 is 15.8. The lowest BCUT2D eigenvalue weighted by molar-refractivity contribution is -0.112. The van der Waals surface area contributed by atoms with E-state index >= 15 is 0 Å². The number of methoxy groups -OCH3 is 3. The summed E-state index contributed by atoms with van der Waals surface area (Å²) in [6.45, 7) is 1.92. The van der Waals surface area contributed by atoms with Crippen LogP contribution in [0.3, 0.4) is 0 Å². The number of carbonyl (C=O) groups excluding carboxylic acids is 1. The fraction of sp³-hybridized carbons (Fsp3) is 0.200. The minimum atomic E-state index is -0.494. The van der Waals surface area contributed by atoms with Crippen molar-refractivity contribution in [1.29, 1.82) is 5.26 Å². The van der Waals surface area contributed by atoms with E-state index in [-0.39, 0.29) is 5.57 Å². The minimum Gasteiger partial charge on any atom is -0.493 e. The van der Waals surface area contributed by atoms with E-state index in [4.69, 9.17) is 14.2 Å². The molecule has 0 radical (unpaired) electrons. The molecule has 0 saturated heterocycles. The Balaban J connectivity index is 2.36. The molecular formula is C20H20N2O4. The Morgan fingerprint density at radius 2 is 1.73 bits per heavy atom. The van der Waals surface area contributed by atoms with Gasteiger partial charge in [-0.15, -0.1) is 0 Å². The van der Waals surface area contributed by atoms with Gasteiger partial charge >= 0.3 is 0 Å². The van der Waals surface area contributed by atoms with Crippen LogP contribution in [-0.2, 0) is 4.79 Å². The molecule has 134 valence electrons. The van der Waals surface area contributed by atoms with Crippen LogP contribution in [0, 0.1) is 18.3 Å². The average molecular weight is 352 g/mol. The number of anilines is 1. The van der Waals surface area contributed by atoms with Crippen molar-refractivity contribution in [3.05, 3.63) is 53.1 Å². The quantitative estimate of drug-likeness (QED) is 0.635. The summed E-state index contributed by atoms with van der Waals surface area (Å²) >= 11 is 0. The Morgan fingerprint density at radius 3 is 2.23 bits per heavy atom. The number of nitrogens with zero attached hydrogens (tertiary/aromatic N) is 1. The number of nitriles is 1. The number of benzene rings is 2. The first-order valence-corrected chi connectivity index (χ1v) is 7.82. The second kappa shape index (κ2) is 8.58. The first-order chi connectivity index (χ1) is 12.5. The lowest BCUT2D eigenvalue weighted by Gasteiger charge is -2.13. The molecule has 0 bridgehead atoms. The van der Waals surface area contributed by atoms with Gasteiger partial charge in [-0.3, -0.25) is 4.79 Å². The fourth-order valence-corrected chi connectivity index (χ4v) is 2.42. The maximum absolute atomic E-state index is 12.4. The molecule has 0 spiro atoms. The van der Waals surface area contributed by atoms with Gasteiger partial charge in [-0.1, -0.05) is 12.1 Å². The number of hydrogen-bond donors (Lipinski definition) is 1. The lowest BCUT2D eigenvalue weighted by Crippen LogP contribution is -2.13. The van der Waals surface area contributed by atoms with Gasteiger partial charge in [-0.25, -0.2) is 0 Å². The predicted octanol–water partition coefficient (Wildman–Crippen LogP) is 3.57. The molecule has 1 N–H and O–H groups in total. The van der Waals surface area contributed by atoms with Crippen molar-refractivity contribution < 1.29 is 19.0 Å². The third-order valence-corrected chi connectivity index (χ3v) is 3.64. The van der Waals surface area contributed by atoms with E-state index in [1.165, 1.54) is 27.4 Å². The van der Waals surface area contributed by atoms with E-state index in [1.807, 2.05) is 31.2 Å². The largest absolute Gasteiger partial charge is 0.493 e. The summed E-state index contributed by atoms with van der Waals surface area (Å²) in [7, 11) is 4.51. The van der Waals surface area contributed by atoms with E-state index in [9.17, 15) is 10.1 Å². The van der Waals surface area contributed by atoms with Gasteiger partial charge in [-0.05, 0) is 48.4 Å². The zero-order valence-electron chi connectivity index (χ0n) is 15.1. The Kier molecular flexibility index (Phi) is 6.23. The zero-order chi connectivity index (χ0) is 19.1. The van der Waals surface area contributed by atoms with Gasteiger partial charge in [-0.2, -0.15) is 5.26 Å². The highest BCUT2D eigenvalue weighted by molar-refractivity contribution is 6.09. The Labute approximate surface area is 152 Å². The van der Waals surface area contributed by atoms with Gasteiger partial charge in [0, 0.05) is 5.69 Å². The lowest BCUT2D eigenvalue weighted by atomic mass is 10.1. The van der Waals surface area contributed by atoms with Gasteiger partial charge in [0.1, 0.15) is 11.6 Å². The molecule has 0 fully saturated rings. The third kappa shape index (κ3) is 4.33. The Hall–Kier alpha value is -3.46. The molecule has 0 aliphatic rings. The number of amides is 1. The summed E-state index contributed by atoms with van der Waals surface area (Å²) in [5.74, 6) is 0.825. The van der Waals surface area contributed by atoms with E-state index in [1.54, 1.807) is 18.2 Å². The molecule has 0 aromatic heterocycles. The molecule has 6 nitrogen and oxygen atoms in total. The van der Waals surface area contributed by atoms with Crippen molar-refractivity contribution in [3.63, 3.8) is 0 Å². The van der Waals surface area contributed by atoms with Crippen LogP contribution >= 0.6 is 0 Å². The number of hydrogen-bond acceptors (Lipinski definition) is 5. The molecule has 0 saturated carbocycles. The minimum absolute atomic E-state index is 0.0409. The smallest absolute Gasteiger partial charge is 0.266 e. The van der Waals surface area contributed by atoms with E-state index in [2.05, 4.69) is 5.32 Å². The summed E-state index contributed by atoms with van der Waals surface area (Å²) in [6, 6.07) is 12.6. The molecule has 0 aliphatic carbocycles. The van der Waals surface area contributed by atoms with Crippen LogP contribution in [0.4, 0.5) is 5.69 Å². The van der Waals surface area contributed by atoms with E-state index < -0.39 is 5.91 Å². The summed E-state index contributed by atoms with van der Waals surface area (Å²) in [5.41, 5.74) is 2.17. The first-order valence-electron chi connectivity index (χ1n) is 7.82. The van der Waals surface area contributed by atoms with E-state index in [0.29, 0.717) is 28.5 Å². The Morgan fingerprint density at radius 1 is 1.08 bits per heavy atom. The molecule has 2 aromatic rings. The molecule has 2 aromatic carbocycles. The van der Waals surface area contributed by atoms with Crippen LogP contribution in [-0.4, -0.2) is 27.2 Å². The normalized spacial score (nSPS) is 10.7. The number of rotatable bonds is 6. The molecule has 26 heavy (non-hydrogen) atoms. The van der Waals surface area contributed by atoms with Crippen molar-refractivity contribution in [2.75, 3.05) is 26.6 Å². The molecule has 0 aliphatic heterocycles. The fourth-order valence-electron chi connectivity index (χ4n) is 2.42. The van der Waals surface area contributed by atoms with Crippen LogP contribution in [0.25, 0.3) is 6.08 Å². The molecule has 0 heterocycles. The Bertz CT molecular complexity index is 857. The van der Waals surface area contributed by atoms with Crippen molar-refractivity contribution >= 4 is 17.7 Å². The highest BCUT2D eigenvalue weighted by Gasteiger charge is 2.15. The highest BCUT2D eigenvalue weighted by atomic mass is 16.5. The third-order valence-electron chi connectivity index (χ3n) is 3.64. The van der Waals surface area contributed by atoms with Crippen LogP contribution in [0.2, 0.25) is 0 Å². The molecular weight excluding hydrogens is 332 g/mol. The molecule has 6 heteroatoms. The van der Waals surface area contributed by atoms with Gasteiger partial charge in [0.2, 0.25) is 5.75 Å². The van der Waals surface area contributed by atoms with Gasteiger partial charge in [0.25, 0.3) is 5.91 Å². The number of carbonyl (C=O) groups is 1. The predicted molar refractivity (Wildman–Crippen MR) is 99.5 cm³/mol.